The minimum Gasteiger partial charge on any atom is -0.323 e. The van der Waals surface area contributed by atoms with Gasteiger partial charge in [0.1, 0.15) is 11.6 Å². The second-order valence-electron chi connectivity index (χ2n) is 4.35. The van der Waals surface area contributed by atoms with E-state index in [0.29, 0.717) is 11.4 Å². The predicted molar refractivity (Wildman–Crippen MR) is 74.9 cm³/mol. The summed E-state index contributed by atoms with van der Waals surface area (Å²) in [6.07, 6.45) is 0. The van der Waals surface area contributed by atoms with Crippen LogP contribution < -0.4 is 11.3 Å². The second-order valence-corrected chi connectivity index (χ2v) is 4.35. The number of hydrazine groups is 1. The topological polar surface area (TPSA) is 50.9 Å². The Balaban J connectivity index is 2.32. The number of hydrogen-bond acceptors (Lipinski definition) is 3. The molecule has 0 saturated heterocycles. The minimum atomic E-state index is -0.694. The number of hydrogen-bond donors (Lipinski definition) is 2. The van der Waals surface area contributed by atoms with Crippen LogP contribution in [0.2, 0.25) is 0 Å². The van der Waals surface area contributed by atoms with Gasteiger partial charge in [0, 0.05) is 17.7 Å². The maximum atomic E-state index is 13.9. The highest BCUT2D eigenvalue weighted by Gasteiger charge is 2.12. The number of aromatic nitrogens is 1. The molecule has 0 unspecified atom stereocenters. The molecule has 0 fully saturated rings. The lowest BCUT2D eigenvalue weighted by Gasteiger charge is -2.10. The van der Waals surface area contributed by atoms with E-state index in [1.54, 1.807) is 6.07 Å². The fourth-order valence-corrected chi connectivity index (χ4v) is 2.16. The maximum Gasteiger partial charge on any atom is 0.137 e. The molecule has 0 bridgehead atoms. The van der Waals surface area contributed by atoms with Crippen molar-refractivity contribution in [2.24, 2.45) is 5.84 Å². The fourth-order valence-electron chi connectivity index (χ4n) is 2.16. The molecule has 0 atom stereocenters. The van der Waals surface area contributed by atoms with Crippen molar-refractivity contribution in [1.82, 2.24) is 4.98 Å². The summed E-state index contributed by atoms with van der Waals surface area (Å²) in [7, 11) is 0. The van der Waals surface area contributed by atoms with Gasteiger partial charge in [0.05, 0.1) is 22.3 Å². The lowest BCUT2D eigenvalue weighted by Crippen LogP contribution is -2.08. The van der Waals surface area contributed by atoms with E-state index in [4.69, 9.17) is 5.84 Å². The maximum absolute atomic E-state index is 13.9. The Labute approximate surface area is 114 Å². The zero-order valence-corrected chi connectivity index (χ0v) is 10.4. The molecular weight excluding hydrogens is 260 g/mol. The number of benzene rings is 2. The third kappa shape index (κ3) is 2.08. The Morgan fingerprint density at radius 1 is 1.00 bits per heavy atom. The van der Waals surface area contributed by atoms with Gasteiger partial charge < -0.3 is 5.43 Å². The van der Waals surface area contributed by atoms with Gasteiger partial charge in [-0.2, -0.15) is 0 Å². The summed E-state index contributed by atoms with van der Waals surface area (Å²) in [5, 5.41) is 0.175. The van der Waals surface area contributed by atoms with Crippen LogP contribution >= 0.6 is 0 Å². The molecule has 1 aromatic heterocycles. The molecule has 0 radical (unpaired) electrons. The van der Waals surface area contributed by atoms with E-state index in [0.717, 1.165) is 11.6 Å². The van der Waals surface area contributed by atoms with Crippen LogP contribution in [0.25, 0.3) is 22.2 Å². The first kappa shape index (κ1) is 12.5. The fraction of sp³-hybridized carbons (Fsp3) is 0. The monoisotopic (exact) mass is 271 g/mol. The number of fused-ring (bicyclic) bond motifs is 1. The number of nitrogens with two attached hydrogens (primary N) is 1. The summed E-state index contributed by atoms with van der Waals surface area (Å²) >= 11 is 0. The summed E-state index contributed by atoms with van der Waals surface area (Å²) in [5.41, 5.74) is 4.46. The van der Waals surface area contributed by atoms with Gasteiger partial charge in [0.2, 0.25) is 0 Å². The van der Waals surface area contributed by atoms with Gasteiger partial charge in [-0.3, -0.25) is 5.84 Å². The number of anilines is 1. The quantitative estimate of drug-likeness (QED) is 0.554. The molecule has 0 amide bonds. The first-order valence-electron chi connectivity index (χ1n) is 6.01. The third-order valence-corrected chi connectivity index (χ3v) is 3.05. The van der Waals surface area contributed by atoms with Crippen LogP contribution in [0.3, 0.4) is 0 Å². The number of halogens is 2. The van der Waals surface area contributed by atoms with Crippen molar-refractivity contribution in [1.29, 1.82) is 0 Å². The minimum absolute atomic E-state index is 0.175. The molecule has 2 aromatic carbocycles. The first-order chi connectivity index (χ1) is 9.69. The Hall–Kier alpha value is -2.53. The molecule has 3 N–H and O–H groups in total. The summed E-state index contributed by atoms with van der Waals surface area (Å²) in [4.78, 5) is 4.30. The molecule has 0 aliphatic carbocycles. The summed E-state index contributed by atoms with van der Waals surface area (Å²) in [6, 6.07) is 13.0. The average molecular weight is 271 g/mol. The molecule has 3 nitrogen and oxygen atoms in total. The molecule has 100 valence electrons. The van der Waals surface area contributed by atoms with Gasteiger partial charge >= 0.3 is 0 Å². The van der Waals surface area contributed by atoms with E-state index in [1.807, 2.05) is 30.3 Å². The van der Waals surface area contributed by atoms with Crippen molar-refractivity contribution < 1.29 is 8.78 Å². The number of nitrogens with one attached hydrogen (secondary N) is 1. The smallest absolute Gasteiger partial charge is 0.137 e. The number of rotatable bonds is 2. The molecule has 1 heterocycles. The number of nitrogens with zero attached hydrogens (tertiary/aromatic N) is 1. The average Bonchev–Trinajstić information content (AvgIpc) is 2.46. The van der Waals surface area contributed by atoms with Crippen LogP contribution in [0.4, 0.5) is 14.5 Å². The molecule has 3 rings (SSSR count). The Bertz CT molecular complexity index is 773. The molecule has 0 spiro atoms. The first-order valence-corrected chi connectivity index (χ1v) is 6.01. The molecule has 20 heavy (non-hydrogen) atoms. The molecular formula is C15H11F2N3. The van der Waals surface area contributed by atoms with Crippen LogP contribution in [-0.2, 0) is 0 Å². The summed E-state index contributed by atoms with van der Waals surface area (Å²) in [5.74, 6) is 4.07. The van der Waals surface area contributed by atoms with E-state index >= 15 is 0 Å². The van der Waals surface area contributed by atoms with Crippen LogP contribution in [0.1, 0.15) is 0 Å². The largest absolute Gasteiger partial charge is 0.323 e. The third-order valence-electron chi connectivity index (χ3n) is 3.05. The molecule has 5 heteroatoms. The summed E-state index contributed by atoms with van der Waals surface area (Å²) < 4.78 is 27.2. The summed E-state index contributed by atoms with van der Waals surface area (Å²) in [6.45, 7) is 0. The Morgan fingerprint density at radius 2 is 1.75 bits per heavy atom. The van der Waals surface area contributed by atoms with E-state index in [2.05, 4.69) is 10.4 Å². The highest BCUT2D eigenvalue weighted by atomic mass is 19.1. The van der Waals surface area contributed by atoms with E-state index < -0.39 is 11.6 Å². The lowest BCUT2D eigenvalue weighted by molar-refractivity contribution is 0.592. The highest BCUT2D eigenvalue weighted by molar-refractivity contribution is 5.94. The van der Waals surface area contributed by atoms with E-state index in [-0.39, 0.29) is 10.9 Å². The van der Waals surface area contributed by atoms with Crippen molar-refractivity contribution >= 4 is 16.6 Å². The van der Waals surface area contributed by atoms with Crippen LogP contribution in [0.5, 0.6) is 0 Å². The SMILES string of the molecule is NNc1cc(-c2ccccc2)nc2cc(F)cc(F)c12. The molecule has 3 aromatic rings. The van der Waals surface area contributed by atoms with Crippen molar-refractivity contribution in [3.63, 3.8) is 0 Å². The molecule has 0 saturated carbocycles. The van der Waals surface area contributed by atoms with Crippen LogP contribution in [-0.4, -0.2) is 4.98 Å². The van der Waals surface area contributed by atoms with Crippen molar-refractivity contribution in [3.05, 3.63) is 60.2 Å². The van der Waals surface area contributed by atoms with Gasteiger partial charge in [0.15, 0.2) is 0 Å². The number of pyridine rings is 1. The van der Waals surface area contributed by atoms with Gasteiger partial charge in [-0.25, -0.2) is 13.8 Å². The molecule has 0 aliphatic heterocycles. The predicted octanol–water partition coefficient (Wildman–Crippen LogP) is 3.47. The van der Waals surface area contributed by atoms with E-state index in [9.17, 15) is 8.78 Å². The zero-order chi connectivity index (χ0) is 14.1. The normalized spacial score (nSPS) is 10.8. The highest BCUT2D eigenvalue weighted by Crippen LogP contribution is 2.30. The zero-order valence-electron chi connectivity index (χ0n) is 10.4. The molecule has 0 aliphatic rings. The second kappa shape index (κ2) is 4.86. The van der Waals surface area contributed by atoms with Crippen molar-refractivity contribution in [2.45, 2.75) is 0 Å². The van der Waals surface area contributed by atoms with E-state index in [1.165, 1.54) is 6.07 Å². The van der Waals surface area contributed by atoms with Crippen molar-refractivity contribution in [3.8, 4) is 11.3 Å². The number of nitrogen functional groups attached to an aromatic ring is 1. The standard InChI is InChI=1S/C15H11F2N3/c16-10-6-11(17)15-13(7-10)19-12(8-14(15)20-18)9-4-2-1-3-5-9/h1-8H,18H2,(H,19,20). The van der Waals surface area contributed by atoms with Crippen LogP contribution in [0, 0.1) is 11.6 Å². The van der Waals surface area contributed by atoms with Gasteiger partial charge in [-0.05, 0) is 6.07 Å². The Kier molecular flexibility index (Phi) is 3.04. The lowest BCUT2D eigenvalue weighted by atomic mass is 10.1. The van der Waals surface area contributed by atoms with Gasteiger partial charge in [-0.15, -0.1) is 0 Å². The van der Waals surface area contributed by atoms with Gasteiger partial charge in [-0.1, -0.05) is 30.3 Å². The van der Waals surface area contributed by atoms with Gasteiger partial charge in [0.25, 0.3) is 0 Å². The Morgan fingerprint density at radius 3 is 2.45 bits per heavy atom. The van der Waals surface area contributed by atoms with Crippen molar-refractivity contribution in [2.75, 3.05) is 5.43 Å². The van der Waals surface area contributed by atoms with Crippen LogP contribution in [0.15, 0.2) is 48.5 Å².